The fourth-order valence-corrected chi connectivity index (χ4v) is 2.10. The normalized spacial score (nSPS) is 11.2. The third-order valence-electron chi connectivity index (χ3n) is 3.24. The molecule has 20 heavy (non-hydrogen) atoms. The highest BCUT2D eigenvalue weighted by molar-refractivity contribution is 5.24. The van der Waals surface area contributed by atoms with Crippen molar-refractivity contribution in [3.63, 3.8) is 0 Å². The molecule has 4 heteroatoms. The number of aryl methyl sites for hydroxylation is 1. The molecule has 0 saturated heterocycles. The molecule has 0 saturated carbocycles. The van der Waals surface area contributed by atoms with Crippen LogP contribution in [0.25, 0.3) is 0 Å². The summed E-state index contributed by atoms with van der Waals surface area (Å²) >= 11 is 0. The standard InChI is InChI=1S/C16H26O4/c1-14-2-4-15(5-3-14)16(6-10-19-12-8-17)7-11-20-13-9-18/h2-5,16-18H,6-13H2,1H3. The molecule has 0 fully saturated rings. The molecule has 0 aliphatic carbocycles. The molecule has 0 radical (unpaired) electrons. The SMILES string of the molecule is Cc1ccc(C(CCOCCO)CCOCCO)cc1. The maximum absolute atomic E-state index is 8.71. The highest BCUT2D eigenvalue weighted by Crippen LogP contribution is 2.24. The lowest BCUT2D eigenvalue weighted by Crippen LogP contribution is -2.10. The molecule has 1 aromatic carbocycles. The van der Waals surface area contributed by atoms with Crippen LogP contribution in [0.4, 0.5) is 0 Å². The van der Waals surface area contributed by atoms with Crippen molar-refractivity contribution in [3.05, 3.63) is 35.4 Å². The van der Waals surface area contributed by atoms with Gasteiger partial charge in [0, 0.05) is 13.2 Å². The number of ether oxygens (including phenoxy) is 2. The topological polar surface area (TPSA) is 58.9 Å². The Morgan fingerprint density at radius 3 is 1.80 bits per heavy atom. The van der Waals surface area contributed by atoms with Gasteiger partial charge >= 0.3 is 0 Å². The molecule has 0 unspecified atom stereocenters. The molecule has 2 N–H and O–H groups in total. The predicted molar refractivity (Wildman–Crippen MR) is 79.0 cm³/mol. The van der Waals surface area contributed by atoms with Crippen LogP contribution < -0.4 is 0 Å². The number of benzene rings is 1. The van der Waals surface area contributed by atoms with Crippen molar-refractivity contribution >= 4 is 0 Å². The number of hydrogen-bond acceptors (Lipinski definition) is 4. The van der Waals surface area contributed by atoms with Crippen molar-refractivity contribution in [2.24, 2.45) is 0 Å². The molecule has 1 aromatic rings. The second-order valence-corrected chi connectivity index (χ2v) is 4.86. The third-order valence-corrected chi connectivity index (χ3v) is 3.24. The van der Waals surface area contributed by atoms with Gasteiger partial charge < -0.3 is 19.7 Å². The molecule has 0 heterocycles. The summed E-state index contributed by atoms with van der Waals surface area (Å²) in [6.07, 6.45) is 1.82. The van der Waals surface area contributed by atoms with Crippen LogP contribution in [-0.2, 0) is 9.47 Å². The van der Waals surface area contributed by atoms with E-state index < -0.39 is 0 Å². The fraction of sp³-hybridized carbons (Fsp3) is 0.625. The van der Waals surface area contributed by atoms with Crippen LogP contribution in [0, 0.1) is 6.92 Å². The van der Waals surface area contributed by atoms with Gasteiger partial charge in [0.25, 0.3) is 0 Å². The van der Waals surface area contributed by atoms with Gasteiger partial charge in [-0.25, -0.2) is 0 Å². The van der Waals surface area contributed by atoms with Gasteiger partial charge in [0.2, 0.25) is 0 Å². The smallest absolute Gasteiger partial charge is 0.0697 e. The molecule has 0 bridgehead atoms. The van der Waals surface area contributed by atoms with E-state index in [0.29, 0.717) is 32.3 Å². The van der Waals surface area contributed by atoms with E-state index in [2.05, 4.69) is 31.2 Å². The Morgan fingerprint density at radius 2 is 1.35 bits per heavy atom. The van der Waals surface area contributed by atoms with E-state index in [-0.39, 0.29) is 13.2 Å². The Kier molecular flexibility index (Phi) is 9.24. The molecule has 114 valence electrons. The zero-order valence-electron chi connectivity index (χ0n) is 12.3. The molecule has 0 amide bonds. The zero-order valence-corrected chi connectivity index (χ0v) is 12.3. The lowest BCUT2D eigenvalue weighted by Gasteiger charge is -2.18. The first-order valence-electron chi connectivity index (χ1n) is 7.21. The van der Waals surface area contributed by atoms with Crippen molar-refractivity contribution in [2.45, 2.75) is 25.7 Å². The minimum atomic E-state index is 0.0643. The summed E-state index contributed by atoms with van der Waals surface area (Å²) < 4.78 is 10.7. The van der Waals surface area contributed by atoms with Crippen LogP contribution in [-0.4, -0.2) is 49.9 Å². The van der Waals surface area contributed by atoms with E-state index in [4.69, 9.17) is 19.7 Å². The van der Waals surface area contributed by atoms with Gasteiger partial charge in [-0.2, -0.15) is 0 Å². The second kappa shape index (κ2) is 10.8. The average molecular weight is 282 g/mol. The summed E-state index contributed by atoms with van der Waals surface area (Å²) in [5.74, 6) is 0.382. The second-order valence-electron chi connectivity index (χ2n) is 4.86. The maximum atomic E-state index is 8.71. The van der Waals surface area contributed by atoms with Gasteiger partial charge in [0.1, 0.15) is 0 Å². The van der Waals surface area contributed by atoms with E-state index in [1.54, 1.807) is 0 Å². The van der Waals surface area contributed by atoms with Gasteiger partial charge in [-0.15, -0.1) is 0 Å². The summed E-state index contributed by atoms with van der Waals surface area (Å²) in [7, 11) is 0. The Labute approximate surface area is 121 Å². The molecule has 4 nitrogen and oxygen atoms in total. The molecule has 0 aromatic heterocycles. The van der Waals surface area contributed by atoms with Gasteiger partial charge in [-0.3, -0.25) is 0 Å². The average Bonchev–Trinajstić information content (AvgIpc) is 2.47. The molecule has 0 spiro atoms. The number of rotatable bonds is 11. The predicted octanol–water partition coefficient (Wildman–Crippen LogP) is 1.88. The van der Waals surface area contributed by atoms with Gasteiger partial charge in [0.15, 0.2) is 0 Å². The zero-order chi connectivity index (χ0) is 14.6. The van der Waals surface area contributed by atoms with Crippen molar-refractivity contribution < 1.29 is 19.7 Å². The Hall–Kier alpha value is -0.940. The minimum absolute atomic E-state index is 0.0643. The molecule has 1 rings (SSSR count). The van der Waals surface area contributed by atoms with Gasteiger partial charge in [0.05, 0.1) is 26.4 Å². The van der Waals surface area contributed by atoms with Crippen molar-refractivity contribution in [1.82, 2.24) is 0 Å². The van der Waals surface area contributed by atoms with Crippen molar-refractivity contribution in [1.29, 1.82) is 0 Å². The van der Waals surface area contributed by atoms with Crippen LogP contribution in [0.2, 0.25) is 0 Å². The Bertz CT molecular complexity index is 325. The number of hydrogen-bond donors (Lipinski definition) is 2. The monoisotopic (exact) mass is 282 g/mol. The molecular weight excluding hydrogens is 256 g/mol. The Balaban J connectivity index is 2.47. The molecule has 0 aliphatic heterocycles. The van der Waals surface area contributed by atoms with E-state index in [1.807, 2.05) is 0 Å². The molecule has 0 aliphatic rings. The van der Waals surface area contributed by atoms with Crippen molar-refractivity contribution in [2.75, 3.05) is 39.6 Å². The van der Waals surface area contributed by atoms with Crippen LogP contribution in [0.15, 0.2) is 24.3 Å². The maximum Gasteiger partial charge on any atom is 0.0697 e. The summed E-state index contributed by atoms with van der Waals surface area (Å²) in [5, 5.41) is 17.4. The van der Waals surface area contributed by atoms with Gasteiger partial charge in [-0.1, -0.05) is 29.8 Å². The van der Waals surface area contributed by atoms with Crippen molar-refractivity contribution in [3.8, 4) is 0 Å². The van der Waals surface area contributed by atoms with E-state index in [1.165, 1.54) is 11.1 Å². The third kappa shape index (κ3) is 7.01. The quantitative estimate of drug-likeness (QED) is 0.608. The van der Waals surface area contributed by atoms with E-state index in [9.17, 15) is 0 Å². The van der Waals surface area contributed by atoms with Crippen LogP contribution in [0.5, 0.6) is 0 Å². The lowest BCUT2D eigenvalue weighted by molar-refractivity contribution is 0.0739. The molecule has 0 atom stereocenters. The highest BCUT2D eigenvalue weighted by Gasteiger charge is 2.11. The first-order chi connectivity index (χ1) is 9.77. The summed E-state index contributed by atoms with van der Waals surface area (Å²) in [6, 6.07) is 8.53. The first-order valence-corrected chi connectivity index (χ1v) is 7.21. The number of aliphatic hydroxyl groups is 2. The highest BCUT2D eigenvalue weighted by atomic mass is 16.5. The summed E-state index contributed by atoms with van der Waals surface area (Å²) in [4.78, 5) is 0. The van der Waals surface area contributed by atoms with Crippen LogP contribution in [0.3, 0.4) is 0 Å². The fourth-order valence-electron chi connectivity index (χ4n) is 2.10. The summed E-state index contributed by atoms with van der Waals surface area (Å²) in [6.45, 7) is 4.26. The molecular formula is C16H26O4. The number of aliphatic hydroxyl groups excluding tert-OH is 2. The van der Waals surface area contributed by atoms with Crippen LogP contribution in [0.1, 0.15) is 29.9 Å². The van der Waals surface area contributed by atoms with Crippen LogP contribution >= 0.6 is 0 Å². The van der Waals surface area contributed by atoms with Gasteiger partial charge in [-0.05, 0) is 31.2 Å². The Morgan fingerprint density at radius 1 is 0.850 bits per heavy atom. The lowest BCUT2D eigenvalue weighted by atomic mass is 9.92. The van der Waals surface area contributed by atoms with E-state index >= 15 is 0 Å². The minimum Gasteiger partial charge on any atom is -0.394 e. The largest absolute Gasteiger partial charge is 0.394 e. The first kappa shape index (κ1) is 17.1. The van der Waals surface area contributed by atoms with E-state index in [0.717, 1.165) is 12.8 Å². The summed E-state index contributed by atoms with van der Waals surface area (Å²) in [5.41, 5.74) is 2.54.